The van der Waals surface area contributed by atoms with Crippen molar-refractivity contribution < 1.29 is 19.1 Å². The molecule has 3 saturated carbocycles. The molecule has 0 unspecified atom stereocenters. The van der Waals surface area contributed by atoms with Crippen LogP contribution in [0.25, 0.3) is 0 Å². The lowest BCUT2D eigenvalue weighted by molar-refractivity contribution is -0.172. The van der Waals surface area contributed by atoms with Gasteiger partial charge in [-0.1, -0.05) is 39.3 Å². The zero-order valence-corrected chi connectivity index (χ0v) is 18.7. The van der Waals surface area contributed by atoms with Gasteiger partial charge < -0.3 is 9.47 Å². The second-order valence-electron chi connectivity index (χ2n) is 11.3. The van der Waals surface area contributed by atoms with Gasteiger partial charge in [-0.05, 0) is 73.0 Å². The summed E-state index contributed by atoms with van der Waals surface area (Å²) in [5.74, 6) is 0.731. The molecule has 4 heteroatoms. The summed E-state index contributed by atoms with van der Waals surface area (Å²) in [7, 11) is 1.35. The molecule has 0 aromatic carbocycles. The van der Waals surface area contributed by atoms with Crippen LogP contribution in [0.2, 0.25) is 0 Å². The first-order valence-electron chi connectivity index (χ1n) is 11.6. The summed E-state index contributed by atoms with van der Waals surface area (Å²) in [5.41, 5.74) is 1.21. The second-order valence-corrected chi connectivity index (χ2v) is 11.3. The maximum Gasteiger partial charge on any atom is 0.306 e. The molecule has 3 fully saturated rings. The summed E-state index contributed by atoms with van der Waals surface area (Å²) >= 11 is 0. The number of carbonyl (C=O) groups excluding carboxylic acids is 2. The Hall–Kier alpha value is -1.32. The first-order chi connectivity index (χ1) is 13.6. The van der Waals surface area contributed by atoms with Gasteiger partial charge in [-0.3, -0.25) is 9.59 Å². The maximum absolute atomic E-state index is 12.2. The van der Waals surface area contributed by atoms with Crippen LogP contribution in [0.3, 0.4) is 0 Å². The molecule has 4 rings (SSSR count). The lowest BCUT2D eigenvalue weighted by Gasteiger charge is -2.64. The van der Waals surface area contributed by atoms with Gasteiger partial charge in [0.1, 0.15) is 0 Å². The number of allylic oxidation sites excluding steroid dienone is 2. The minimum absolute atomic E-state index is 0.0403. The van der Waals surface area contributed by atoms with Crippen molar-refractivity contribution in [1.82, 2.24) is 0 Å². The summed E-state index contributed by atoms with van der Waals surface area (Å²) < 4.78 is 10.4. The van der Waals surface area contributed by atoms with E-state index in [1.54, 1.807) is 0 Å². The topological polar surface area (TPSA) is 52.6 Å². The van der Waals surface area contributed by atoms with Gasteiger partial charge in [0, 0.05) is 5.41 Å². The second kappa shape index (κ2) is 7.13. The predicted molar refractivity (Wildman–Crippen MR) is 112 cm³/mol. The minimum Gasteiger partial charge on any atom is -0.469 e. The summed E-state index contributed by atoms with van der Waals surface area (Å²) in [6.07, 6.45) is 15.5. The van der Waals surface area contributed by atoms with Gasteiger partial charge in [-0.2, -0.15) is 0 Å². The molecule has 162 valence electrons. The van der Waals surface area contributed by atoms with E-state index in [9.17, 15) is 9.59 Å². The molecular weight excluding hydrogens is 364 g/mol. The SMILES string of the molecule is COC(=O)CCC(=O)OC[C@]1(C)CCC[C@]2(C)[C@@H]1CC[C@@]13C=C[C@@](C)(CC[C@H]12)C3. The van der Waals surface area contributed by atoms with Crippen LogP contribution in [0.4, 0.5) is 0 Å². The van der Waals surface area contributed by atoms with E-state index in [1.165, 1.54) is 52.1 Å². The van der Waals surface area contributed by atoms with Crippen LogP contribution < -0.4 is 0 Å². The van der Waals surface area contributed by atoms with Gasteiger partial charge in [0.05, 0.1) is 26.6 Å². The monoisotopic (exact) mass is 402 g/mol. The zero-order valence-electron chi connectivity index (χ0n) is 18.7. The Bertz CT molecular complexity index is 714. The van der Waals surface area contributed by atoms with E-state index >= 15 is 0 Å². The molecule has 4 aliphatic carbocycles. The van der Waals surface area contributed by atoms with Crippen molar-refractivity contribution in [3.8, 4) is 0 Å². The Balaban J connectivity index is 1.47. The lowest BCUT2D eigenvalue weighted by Crippen LogP contribution is -2.58. The Labute approximate surface area is 175 Å². The number of fused-ring (bicyclic) bond motifs is 3. The van der Waals surface area contributed by atoms with Crippen LogP contribution in [0.5, 0.6) is 0 Å². The first-order valence-corrected chi connectivity index (χ1v) is 11.6. The normalized spacial score (nSPS) is 45.2. The van der Waals surface area contributed by atoms with Crippen molar-refractivity contribution in [2.45, 2.75) is 85.0 Å². The number of methoxy groups -OCH3 is 1. The molecule has 0 amide bonds. The minimum atomic E-state index is -0.357. The Morgan fingerprint density at radius 3 is 2.41 bits per heavy atom. The van der Waals surface area contributed by atoms with Crippen LogP contribution in [0.1, 0.15) is 85.0 Å². The van der Waals surface area contributed by atoms with Crippen molar-refractivity contribution in [2.75, 3.05) is 13.7 Å². The third-order valence-electron chi connectivity index (χ3n) is 9.37. The third kappa shape index (κ3) is 3.45. The molecule has 1 spiro atoms. The largest absolute Gasteiger partial charge is 0.469 e. The van der Waals surface area contributed by atoms with E-state index in [0.29, 0.717) is 28.8 Å². The summed E-state index contributed by atoms with van der Waals surface area (Å²) in [5, 5.41) is 0. The fraction of sp³-hybridized carbons (Fsp3) is 0.840. The van der Waals surface area contributed by atoms with Crippen LogP contribution in [0, 0.1) is 33.5 Å². The highest BCUT2D eigenvalue weighted by atomic mass is 16.5. The van der Waals surface area contributed by atoms with E-state index in [4.69, 9.17) is 4.74 Å². The third-order valence-corrected chi connectivity index (χ3v) is 9.37. The number of esters is 2. The first kappa shape index (κ1) is 20.9. The van der Waals surface area contributed by atoms with Gasteiger partial charge in [0.15, 0.2) is 0 Å². The van der Waals surface area contributed by atoms with E-state index < -0.39 is 0 Å². The molecule has 0 heterocycles. The van der Waals surface area contributed by atoms with Crippen molar-refractivity contribution in [2.24, 2.45) is 33.5 Å². The molecule has 4 nitrogen and oxygen atoms in total. The number of carbonyl (C=O) groups is 2. The van der Waals surface area contributed by atoms with Gasteiger partial charge in [0.25, 0.3) is 0 Å². The van der Waals surface area contributed by atoms with Crippen LogP contribution in [-0.2, 0) is 19.1 Å². The zero-order chi connectivity index (χ0) is 20.9. The van der Waals surface area contributed by atoms with Gasteiger partial charge in [-0.15, -0.1) is 0 Å². The Morgan fingerprint density at radius 2 is 1.66 bits per heavy atom. The van der Waals surface area contributed by atoms with Crippen LogP contribution >= 0.6 is 0 Å². The van der Waals surface area contributed by atoms with Crippen molar-refractivity contribution in [1.29, 1.82) is 0 Å². The molecule has 2 bridgehead atoms. The molecule has 0 aromatic rings. The average molecular weight is 403 g/mol. The smallest absolute Gasteiger partial charge is 0.306 e. The lowest BCUT2D eigenvalue weighted by atomic mass is 9.40. The molecule has 29 heavy (non-hydrogen) atoms. The molecule has 0 radical (unpaired) electrons. The number of rotatable bonds is 5. The molecule has 4 aliphatic rings. The predicted octanol–water partition coefficient (Wildman–Crippen LogP) is 5.45. The van der Waals surface area contributed by atoms with Gasteiger partial charge in [-0.25, -0.2) is 0 Å². The van der Waals surface area contributed by atoms with Crippen molar-refractivity contribution >= 4 is 11.9 Å². The van der Waals surface area contributed by atoms with E-state index in [0.717, 1.165) is 12.3 Å². The quantitative estimate of drug-likeness (QED) is 0.453. The Kier molecular flexibility index (Phi) is 5.15. The highest BCUT2D eigenvalue weighted by Gasteiger charge is 2.63. The highest BCUT2D eigenvalue weighted by molar-refractivity contribution is 5.77. The summed E-state index contributed by atoms with van der Waals surface area (Å²) in [4.78, 5) is 23.5. The van der Waals surface area contributed by atoms with Crippen molar-refractivity contribution in [3.05, 3.63) is 12.2 Å². The highest BCUT2D eigenvalue weighted by Crippen LogP contribution is 2.71. The van der Waals surface area contributed by atoms with E-state index in [-0.39, 0.29) is 30.2 Å². The number of ether oxygens (including phenoxy) is 2. The van der Waals surface area contributed by atoms with E-state index in [2.05, 4.69) is 37.7 Å². The molecule has 6 atom stereocenters. The molecule has 0 saturated heterocycles. The Morgan fingerprint density at radius 1 is 0.931 bits per heavy atom. The molecule has 0 aromatic heterocycles. The van der Waals surface area contributed by atoms with Crippen LogP contribution in [0.15, 0.2) is 12.2 Å². The number of hydrogen-bond acceptors (Lipinski definition) is 4. The fourth-order valence-corrected chi connectivity index (χ4v) is 8.06. The van der Waals surface area contributed by atoms with Gasteiger partial charge >= 0.3 is 11.9 Å². The summed E-state index contributed by atoms with van der Waals surface area (Å²) in [6.45, 7) is 7.83. The van der Waals surface area contributed by atoms with E-state index in [1.807, 2.05) is 0 Å². The van der Waals surface area contributed by atoms with Crippen molar-refractivity contribution in [3.63, 3.8) is 0 Å². The van der Waals surface area contributed by atoms with Gasteiger partial charge in [0.2, 0.25) is 0 Å². The number of hydrogen-bond donors (Lipinski definition) is 0. The summed E-state index contributed by atoms with van der Waals surface area (Å²) in [6, 6.07) is 0. The maximum atomic E-state index is 12.2. The molecular formula is C25H38O4. The average Bonchev–Trinajstić information content (AvgIpc) is 2.93. The standard InChI is InChI=1S/C25H38O4/c1-22-12-8-19-24(3)11-5-10-23(2,17-29-21(27)7-6-20(26)28-4)18(24)9-13-25(19,16-22)15-14-22/h14-15,18-19H,5-13,16-17H2,1-4H3/t18-,19+,22-,23+,24-,25+/m1/s1. The molecule has 0 N–H and O–H groups in total. The van der Waals surface area contributed by atoms with Crippen LogP contribution in [-0.4, -0.2) is 25.7 Å². The molecule has 0 aliphatic heterocycles. The fourth-order valence-electron chi connectivity index (χ4n) is 8.06.